The number of hydrogen-bond acceptors (Lipinski definition) is 3. The zero-order chi connectivity index (χ0) is 18.1. The lowest BCUT2D eigenvalue weighted by molar-refractivity contribution is 0.0636. The molecule has 0 atom stereocenters. The molecule has 0 spiro atoms. The molecule has 0 aliphatic heterocycles. The third kappa shape index (κ3) is 6.07. The van der Waals surface area contributed by atoms with E-state index in [2.05, 4.69) is 39.2 Å². The van der Waals surface area contributed by atoms with Crippen LogP contribution in [-0.2, 0) is 4.74 Å². The van der Waals surface area contributed by atoms with Crippen LogP contribution in [0.3, 0.4) is 0 Å². The Bertz CT molecular complexity index is 574. The molecule has 6 heteroatoms. The predicted octanol–water partition coefficient (Wildman–Crippen LogP) is 6.07. The lowest BCUT2D eigenvalue weighted by Gasteiger charge is -2.36. The second kappa shape index (κ2) is 6.73. The first kappa shape index (κ1) is 19.8. The van der Waals surface area contributed by atoms with Crippen molar-refractivity contribution in [2.45, 2.75) is 65.3 Å². The topological polar surface area (TPSA) is 47.6 Å². The Hall–Kier alpha value is -1.20. The highest BCUT2D eigenvalue weighted by Crippen LogP contribution is 2.39. The predicted molar refractivity (Wildman–Crippen MR) is 99.1 cm³/mol. The molecular formula is C17H28ClNO3Si. The van der Waals surface area contributed by atoms with Gasteiger partial charge in [-0.05, 0) is 51.0 Å². The monoisotopic (exact) mass is 357 g/mol. The number of rotatable bonds is 3. The number of hydrogen-bond donors (Lipinski definition) is 1. The van der Waals surface area contributed by atoms with E-state index >= 15 is 0 Å². The summed E-state index contributed by atoms with van der Waals surface area (Å²) in [7, 11) is -2.01. The molecule has 0 heterocycles. The van der Waals surface area contributed by atoms with E-state index in [-0.39, 0.29) is 5.04 Å². The Balaban J connectivity index is 2.94. The van der Waals surface area contributed by atoms with Crippen molar-refractivity contribution in [3.8, 4) is 5.75 Å². The summed E-state index contributed by atoms with van der Waals surface area (Å²) in [6.07, 6.45) is -0.502. The lowest BCUT2D eigenvalue weighted by atomic mass is 10.2. The molecule has 1 aromatic carbocycles. The molecule has 4 nitrogen and oxygen atoms in total. The molecule has 0 fully saturated rings. The molecule has 130 valence electrons. The minimum Gasteiger partial charge on any atom is -0.542 e. The van der Waals surface area contributed by atoms with E-state index in [1.165, 1.54) is 0 Å². The summed E-state index contributed by atoms with van der Waals surface area (Å²) < 4.78 is 11.5. The van der Waals surface area contributed by atoms with Crippen LogP contribution in [-0.4, -0.2) is 20.0 Å². The maximum Gasteiger partial charge on any atom is 0.412 e. The van der Waals surface area contributed by atoms with Gasteiger partial charge in [0, 0.05) is 11.8 Å². The molecule has 23 heavy (non-hydrogen) atoms. The highest BCUT2D eigenvalue weighted by atomic mass is 35.5. The summed E-state index contributed by atoms with van der Waals surface area (Å²) in [5.41, 5.74) is 0.0501. The number of carbonyl (C=O) groups excluding carboxylic acids is 1. The van der Waals surface area contributed by atoms with Crippen LogP contribution in [0, 0.1) is 0 Å². The molecule has 0 aliphatic rings. The number of benzene rings is 1. The molecule has 0 radical (unpaired) electrons. The van der Waals surface area contributed by atoms with Crippen LogP contribution in [0.15, 0.2) is 18.2 Å². The van der Waals surface area contributed by atoms with Crippen LogP contribution in [0.1, 0.15) is 41.5 Å². The molecule has 1 N–H and O–H groups in total. The van der Waals surface area contributed by atoms with Crippen molar-refractivity contribution in [1.29, 1.82) is 0 Å². The van der Waals surface area contributed by atoms with Crippen molar-refractivity contribution < 1.29 is 14.0 Å². The Labute approximate surface area is 145 Å². The van der Waals surface area contributed by atoms with Gasteiger partial charge in [-0.25, -0.2) is 4.79 Å². The van der Waals surface area contributed by atoms with E-state index < -0.39 is 20.0 Å². The summed E-state index contributed by atoms with van der Waals surface area (Å²) in [6, 6.07) is 5.19. The van der Waals surface area contributed by atoms with Gasteiger partial charge in [0.15, 0.2) is 0 Å². The van der Waals surface area contributed by atoms with Crippen LogP contribution in [0.2, 0.25) is 23.2 Å². The Kier molecular flexibility index (Phi) is 5.81. The second-order valence-corrected chi connectivity index (χ2v) is 13.3. The van der Waals surface area contributed by atoms with Gasteiger partial charge in [-0.1, -0.05) is 32.4 Å². The fourth-order valence-electron chi connectivity index (χ4n) is 1.51. The summed E-state index contributed by atoms with van der Waals surface area (Å²) in [6.45, 7) is 16.2. The number of amides is 1. The van der Waals surface area contributed by atoms with Gasteiger partial charge in [0.2, 0.25) is 0 Å². The normalized spacial score (nSPS) is 12.7. The number of ether oxygens (including phenoxy) is 1. The standard InChI is InChI=1S/C17H28ClNO3Si/c1-16(2,3)21-15(20)19-12-9-10-13(18)14(11-12)22-23(7,8)17(4,5)6/h9-11H,1-8H3,(H,19,20). The van der Waals surface area contributed by atoms with Gasteiger partial charge in [-0.3, -0.25) is 5.32 Å². The van der Waals surface area contributed by atoms with Crippen LogP contribution in [0.25, 0.3) is 0 Å². The molecule has 1 aromatic rings. The van der Waals surface area contributed by atoms with E-state index in [1.807, 2.05) is 20.8 Å². The van der Waals surface area contributed by atoms with Crippen LogP contribution >= 0.6 is 11.6 Å². The SMILES string of the molecule is CC(C)(C)OC(=O)Nc1ccc(Cl)c(O[Si](C)(C)C(C)(C)C)c1. The minimum atomic E-state index is -2.01. The maximum atomic E-state index is 11.9. The maximum absolute atomic E-state index is 11.9. The zero-order valence-electron chi connectivity index (χ0n) is 15.3. The van der Waals surface area contributed by atoms with E-state index in [1.54, 1.807) is 18.2 Å². The smallest absolute Gasteiger partial charge is 0.412 e. The first-order chi connectivity index (χ1) is 10.2. The zero-order valence-corrected chi connectivity index (χ0v) is 17.1. The number of carbonyl (C=O) groups is 1. The number of nitrogens with one attached hydrogen (secondary N) is 1. The fourth-order valence-corrected chi connectivity index (χ4v) is 2.75. The molecule has 0 saturated heterocycles. The first-order valence-electron chi connectivity index (χ1n) is 7.70. The van der Waals surface area contributed by atoms with Crippen LogP contribution < -0.4 is 9.74 Å². The van der Waals surface area contributed by atoms with Gasteiger partial charge < -0.3 is 9.16 Å². The molecule has 0 unspecified atom stereocenters. The largest absolute Gasteiger partial charge is 0.542 e. The Morgan fingerprint density at radius 3 is 2.17 bits per heavy atom. The van der Waals surface area contributed by atoms with Crippen molar-refractivity contribution in [2.24, 2.45) is 0 Å². The Morgan fingerprint density at radius 2 is 1.70 bits per heavy atom. The molecule has 0 aliphatic carbocycles. The molecule has 0 saturated carbocycles. The molecular weight excluding hydrogens is 330 g/mol. The van der Waals surface area contributed by atoms with Crippen molar-refractivity contribution in [1.82, 2.24) is 0 Å². The van der Waals surface area contributed by atoms with E-state index in [0.717, 1.165) is 0 Å². The molecule has 1 amide bonds. The van der Waals surface area contributed by atoms with Crippen molar-refractivity contribution in [3.63, 3.8) is 0 Å². The van der Waals surface area contributed by atoms with Gasteiger partial charge in [0.25, 0.3) is 8.32 Å². The first-order valence-corrected chi connectivity index (χ1v) is 11.0. The number of halogens is 1. The highest BCUT2D eigenvalue weighted by Gasteiger charge is 2.39. The molecule has 0 bridgehead atoms. The van der Waals surface area contributed by atoms with Gasteiger partial charge in [-0.2, -0.15) is 0 Å². The second-order valence-electron chi connectivity index (χ2n) is 8.13. The number of anilines is 1. The summed E-state index contributed by atoms with van der Waals surface area (Å²) in [4.78, 5) is 11.9. The fraction of sp³-hybridized carbons (Fsp3) is 0.588. The van der Waals surface area contributed by atoms with Gasteiger partial charge in [0.05, 0.1) is 5.02 Å². The summed E-state index contributed by atoms with van der Waals surface area (Å²) >= 11 is 6.25. The van der Waals surface area contributed by atoms with Gasteiger partial charge >= 0.3 is 6.09 Å². The van der Waals surface area contributed by atoms with Crippen molar-refractivity contribution >= 4 is 31.7 Å². The quantitative estimate of drug-likeness (QED) is 0.667. The summed E-state index contributed by atoms with van der Waals surface area (Å²) in [5, 5.41) is 3.30. The Morgan fingerprint density at radius 1 is 1.13 bits per heavy atom. The average molecular weight is 358 g/mol. The van der Waals surface area contributed by atoms with Gasteiger partial charge in [-0.15, -0.1) is 0 Å². The van der Waals surface area contributed by atoms with Crippen LogP contribution in [0.5, 0.6) is 5.75 Å². The van der Waals surface area contributed by atoms with Gasteiger partial charge in [0.1, 0.15) is 11.4 Å². The third-order valence-corrected chi connectivity index (χ3v) is 8.40. The van der Waals surface area contributed by atoms with E-state index in [0.29, 0.717) is 16.5 Å². The van der Waals surface area contributed by atoms with E-state index in [4.69, 9.17) is 20.8 Å². The van der Waals surface area contributed by atoms with Crippen LogP contribution in [0.4, 0.5) is 10.5 Å². The average Bonchev–Trinajstić information content (AvgIpc) is 2.29. The van der Waals surface area contributed by atoms with Crippen molar-refractivity contribution in [3.05, 3.63) is 23.2 Å². The lowest BCUT2D eigenvalue weighted by Crippen LogP contribution is -2.43. The molecule has 0 aromatic heterocycles. The van der Waals surface area contributed by atoms with E-state index in [9.17, 15) is 4.79 Å². The third-order valence-electron chi connectivity index (χ3n) is 3.75. The highest BCUT2D eigenvalue weighted by molar-refractivity contribution is 6.74. The minimum absolute atomic E-state index is 0.0604. The van der Waals surface area contributed by atoms with Crippen molar-refractivity contribution in [2.75, 3.05) is 5.32 Å². The molecule has 1 rings (SSSR count). The summed E-state index contributed by atoms with van der Waals surface area (Å²) in [5.74, 6) is 0.590.